The van der Waals surface area contributed by atoms with Crippen molar-refractivity contribution in [1.82, 2.24) is 9.97 Å². The van der Waals surface area contributed by atoms with E-state index < -0.39 is 0 Å². The Balaban J connectivity index is 1.86. The van der Waals surface area contributed by atoms with Crippen molar-refractivity contribution in [3.63, 3.8) is 0 Å². The van der Waals surface area contributed by atoms with E-state index >= 15 is 0 Å². The molecule has 1 heterocycles. The summed E-state index contributed by atoms with van der Waals surface area (Å²) in [6, 6.07) is 12.6. The van der Waals surface area contributed by atoms with E-state index in [2.05, 4.69) is 52.5 Å². The molecule has 2 aromatic rings. The normalized spacial score (nSPS) is 12.2. The molecule has 0 bridgehead atoms. The quantitative estimate of drug-likeness (QED) is 0.885. The van der Waals surface area contributed by atoms with E-state index in [1.54, 1.807) is 0 Å². The molecule has 0 spiro atoms. The molecule has 0 radical (unpaired) electrons. The largest absolute Gasteiger partial charge is 0.354 e. The van der Waals surface area contributed by atoms with Gasteiger partial charge in [0.25, 0.3) is 0 Å². The van der Waals surface area contributed by atoms with Crippen molar-refractivity contribution >= 4 is 5.95 Å². The van der Waals surface area contributed by atoms with Gasteiger partial charge in [0.1, 0.15) is 0 Å². The lowest BCUT2D eigenvalue weighted by molar-refractivity contribution is 0.702. The minimum absolute atomic E-state index is 0.541. The number of rotatable bonds is 5. The van der Waals surface area contributed by atoms with Crippen LogP contribution in [-0.2, 0) is 0 Å². The van der Waals surface area contributed by atoms with E-state index in [1.807, 2.05) is 19.9 Å². The average Bonchev–Trinajstić information content (AvgIpc) is 2.38. The third kappa shape index (κ3) is 4.05. The smallest absolute Gasteiger partial charge is 0.223 e. The van der Waals surface area contributed by atoms with Crippen molar-refractivity contribution in [2.24, 2.45) is 0 Å². The van der Waals surface area contributed by atoms with Crippen molar-refractivity contribution in [2.75, 3.05) is 11.9 Å². The first-order chi connectivity index (χ1) is 9.15. The van der Waals surface area contributed by atoms with Gasteiger partial charge in [0.05, 0.1) is 0 Å². The van der Waals surface area contributed by atoms with Crippen LogP contribution < -0.4 is 5.32 Å². The Morgan fingerprint density at radius 1 is 1.05 bits per heavy atom. The zero-order valence-electron chi connectivity index (χ0n) is 11.9. The van der Waals surface area contributed by atoms with Crippen molar-refractivity contribution in [3.8, 4) is 0 Å². The molecule has 1 aromatic heterocycles. The van der Waals surface area contributed by atoms with Crippen molar-refractivity contribution in [1.29, 1.82) is 0 Å². The molecule has 0 saturated carbocycles. The van der Waals surface area contributed by atoms with Crippen LogP contribution in [-0.4, -0.2) is 16.5 Å². The predicted octanol–water partition coefficient (Wildman–Crippen LogP) is 3.70. The molecule has 0 fully saturated rings. The van der Waals surface area contributed by atoms with Crippen LogP contribution in [0.15, 0.2) is 36.4 Å². The fourth-order valence-electron chi connectivity index (χ4n) is 2.15. The van der Waals surface area contributed by atoms with Gasteiger partial charge in [0.15, 0.2) is 0 Å². The van der Waals surface area contributed by atoms with Gasteiger partial charge < -0.3 is 5.32 Å². The highest BCUT2D eigenvalue weighted by atomic mass is 15.1. The van der Waals surface area contributed by atoms with E-state index in [0.717, 1.165) is 30.3 Å². The average molecular weight is 255 g/mol. The van der Waals surface area contributed by atoms with Gasteiger partial charge in [-0.25, -0.2) is 9.97 Å². The predicted molar refractivity (Wildman–Crippen MR) is 79.5 cm³/mol. The number of aromatic nitrogens is 2. The first-order valence-corrected chi connectivity index (χ1v) is 6.76. The van der Waals surface area contributed by atoms with Crippen LogP contribution in [0, 0.1) is 13.8 Å². The zero-order chi connectivity index (χ0) is 13.7. The minimum atomic E-state index is 0.541. The first-order valence-electron chi connectivity index (χ1n) is 6.76. The van der Waals surface area contributed by atoms with Crippen molar-refractivity contribution in [3.05, 3.63) is 53.3 Å². The van der Waals surface area contributed by atoms with Gasteiger partial charge in [0, 0.05) is 17.9 Å². The maximum Gasteiger partial charge on any atom is 0.223 e. The molecule has 0 aliphatic heterocycles. The molecule has 100 valence electrons. The first kappa shape index (κ1) is 13.5. The summed E-state index contributed by atoms with van der Waals surface area (Å²) in [7, 11) is 0. The molecule has 1 aromatic carbocycles. The summed E-state index contributed by atoms with van der Waals surface area (Å²) in [4.78, 5) is 8.76. The molecule has 0 aliphatic rings. The summed E-state index contributed by atoms with van der Waals surface area (Å²) in [5.41, 5.74) is 3.39. The highest BCUT2D eigenvalue weighted by Gasteiger charge is 2.05. The van der Waals surface area contributed by atoms with Crippen molar-refractivity contribution < 1.29 is 0 Å². The molecule has 1 N–H and O–H groups in total. The Bertz CT molecular complexity index is 503. The summed E-state index contributed by atoms with van der Waals surface area (Å²) >= 11 is 0. The zero-order valence-corrected chi connectivity index (χ0v) is 11.9. The topological polar surface area (TPSA) is 37.8 Å². The molecule has 1 atom stereocenters. The van der Waals surface area contributed by atoms with Gasteiger partial charge in [-0.05, 0) is 37.8 Å². The SMILES string of the molecule is Cc1cc(C)nc(NCCC(C)c2ccccc2)n1. The van der Waals surface area contributed by atoms with Gasteiger partial charge in [-0.2, -0.15) is 0 Å². The van der Waals surface area contributed by atoms with Crippen molar-refractivity contribution in [2.45, 2.75) is 33.1 Å². The maximum absolute atomic E-state index is 4.38. The van der Waals surface area contributed by atoms with E-state index in [0.29, 0.717) is 5.92 Å². The van der Waals surface area contributed by atoms with Gasteiger partial charge in [-0.3, -0.25) is 0 Å². The standard InChI is InChI=1S/C16H21N3/c1-12(15-7-5-4-6-8-15)9-10-17-16-18-13(2)11-14(3)19-16/h4-8,11-12H,9-10H2,1-3H3,(H,17,18,19). The van der Waals surface area contributed by atoms with Crippen LogP contribution in [0.5, 0.6) is 0 Å². The highest BCUT2D eigenvalue weighted by molar-refractivity contribution is 5.27. The van der Waals surface area contributed by atoms with Crippen LogP contribution in [0.1, 0.15) is 36.2 Å². The Morgan fingerprint density at radius 2 is 1.68 bits per heavy atom. The Morgan fingerprint density at radius 3 is 2.32 bits per heavy atom. The summed E-state index contributed by atoms with van der Waals surface area (Å²) in [5, 5.41) is 3.30. The molecule has 3 heteroatoms. The number of nitrogens with one attached hydrogen (secondary N) is 1. The van der Waals surface area contributed by atoms with Gasteiger partial charge in [0.2, 0.25) is 5.95 Å². The molecule has 0 aliphatic carbocycles. The van der Waals surface area contributed by atoms with Crippen LogP contribution in [0.4, 0.5) is 5.95 Å². The second kappa shape index (κ2) is 6.32. The Hall–Kier alpha value is -1.90. The summed E-state index contributed by atoms with van der Waals surface area (Å²) in [6.07, 6.45) is 1.07. The minimum Gasteiger partial charge on any atom is -0.354 e. The molecule has 3 nitrogen and oxygen atoms in total. The van der Waals surface area contributed by atoms with Gasteiger partial charge >= 0.3 is 0 Å². The van der Waals surface area contributed by atoms with E-state index in [9.17, 15) is 0 Å². The second-order valence-electron chi connectivity index (χ2n) is 5.00. The van der Waals surface area contributed by atoms with Crippen LogP contribution >= 0.6 is 0 Å². The molecule has 2 rings (SSSR count). The Labute approximate surface area is 115 Å². The summed E-state index contributed by atoms with van der Waals surface area (Å²) < 4.78 is 0. The molecule has 0 saturated heterocycles. The van der Waals surface area contributed by atoms with Gasteiger partial charge in [-0.1, -0.05) is 37.3 Å². The lowest BCUT2D eigenvalue weighted by atomic mass is 9.98. The third-order valence-corrected chi connectivity index (χ3v) is 3.21. The number of anilines is 1. The summed E-state index contributed by atoms with van der Waals surface area (Å²) in [5.74, 6) is 1.28. The van der Waals surface area contributed by atoms with E-state index in [-0.39, 0.29) is 0 Å². The number of nitrogens with zero attached hydrogens (tertiary/aromatic N) is 2. The molecule has 0 amide bonds. The number of hydrogen-bond acceptors (Lipinski definition) is 3. The second-order valence-corrected chi connectivity index (χ2v) is 5.00. The third-order valence-electron chi connectivity index (χ3n) is 3.21. The molecule has 1 unspecified atom stereocenters. The molecular weight excluding hydrogens is 234 g/mol. The fraction of sp³-hybridized carbons (Fsp3) is 0.375. The number of benzene rings is 1. The number of aryl methyl sites for hydroxylation is 2. The van der Waals surface area contributed by atoms with E-state index in [4.69, 9.17) is 0 Å². The van der Waals surface area contributed by atoms with Crippen LogP contribution in [0.3, 0.4) is 0 Å². The lowest BCUT2D eigenvalue weighted by Crippen LogP contribution is -2.09. The highest BCUT2D eigenvalue weighted by Crippen LogP contribution is 2.18. The molecular formula is C16H21N3. The fourth-order valence-corrected chi connectivity index (χ4v) is 2.15. The molecule has 19 heavy (non-hydrogen) atoms. The van der Waals surface area contributed by atoms with E-state index in [1.165, 1.54) is 5.56 Å². The lowest BCUT2D eigenvalue weighted by Gasteiger charge is -2.12. The van der Waals surface area contributed by atoms with Crippen LogP contribution in [0.2, 0.25) is 0 Å². The maximum atomic E-state index is 4.38. The number of hydrogen-bond donors (Lipinski definition) is 1. The monoisotopic (exact) mass is 255 g/mol. The van der Waals surface area contributed by atoms with Crippen LogP contribution in [0.25, 0.3) is 0 Å². The summed E-state index contributed by atoms with van der Waals surface area (Å²) in [6.45, 7) is 7.12. The Kier molecular flexibility index (Phi) is 4.50. The van der Waals surface area contributed by atoms with Gasteiger partial charge in [-0.15, -0.1) is 0 Å².